The number of nitrogens with one attached hydrogen (secondary N) is 1. The van der Waals surface area contributed by atoms with Gasteiger partial charge in [0.15, 0.2) is 0 Å². The van der Waals surface area contributed by atoms with Crippen LogP contribution in [0.25, 0.3) is 0 Å². The first-order valence-corrected chi connectivity index (χ1v) is 7.49. The smallest absolute Gasteiger partial charge is 0.225 e. The molecule has 0 unspecified atom stereocenters. The standard InChI is InChI=1S/C16H16FNO2S/c1-20-14-8-4-3-7-13(14)18-16(19)10-11-21-15-9-5-2-6-12(15)17/h2-9H,10-11H2,1H3,(H,18,19). The summed E-state index contributed by atoms with van der Waals surface area (Å²) < 4.78 is 18.6. The third kappa shape index (κ3) is 4.49. The zero-order valence-corrected chi connectivity index (χ0v) is 12.5. The first-order chi connectivity index (χ1) is 10.2. The Morgan fingerprint density at radius 1 is 1.19 bits per heavy atom. The summed E-state index contributed by atoms with van der Waals surface area (Å²) in [5, 5.41) is 2.79. The van der Waals surface area contributed by atoms with Gasteiger partial charge in [-0.2, -0.15) is 0 Å². The summed E-state index contributed by atoms with van der Waals surface area (Å²) in [4.78, 5) is 12.4. The van der Waals surface area contributed by atoms with Gasteiger partial charge in [-0.3, -0.25) is 4.79 Å². The Morgan fingerprint density at radius 2 is 1.90 bits per heavy atom. The highest BCUT2D eigenvalue weighted by Gasteiger charge is 2.08. The van der Waals surface area contributed by atoms with E-state index in [0.717, 1.165) is 0 Å². The van der Waals surface area contributed by atoms with E-state index in [-0.39, 0.29) is 11.7 Å². The van der Waals surface area contributed by atoms with Crippen LogP contribution in [0.4, 0.5) is 10.1 Å². The minimum absolute atomic E-state index is 0.122. The average Bonchev–Trinajstić information content (AvgIpc) is 2.50. The number of thioether (sulfide) groups is 1. The van der Waals surface area contributed by atoms with Gasteiger partial charge in [-0.05, 0) is 24.3 Å². The maximum absolute atomic E-state index is 13.4. The second kappa shape index (κ2) is 7.69. The van der Waals surface area contributed by atoms with Crippen LogP contribution in [0.15, 0.2) is 53.4 Å². The average molecular weight is 305 g/mol. The minimum Gasteiger partial charge on any atom is -0.495 e. The summed E-state index contributed by atoms with van der Waals surface area (Å²) in [6.45, 7) is 0. The topological polar surface area (TPSA) is 38.3 Å². The highest BCUT2D eigenvalue weighted by Crippen LogP contribution is 2.24. The van der Waals surface area contributed by atoms with Crippen molar-refractivity contribution in [2.45, 2.75) is 11.3 Å². The fourth-order valence-corrected chi connectivity index (χ4v) is 2.66. The van der Waals surface area contributed by atoms with E-state index in [1.54, 1.807) is 37.4 Å². The van der Waals surface area contributed by atoms with E-state index in [1.807, 2.05) is 12.1 Å². The molecular formula is C16H16FNO2S. The van der Waals surface area contributed by atoms with Crippen molar-refractivity contribution in [3.05, 3.63) is 54.3 Å². The van der Waals surface area contributed by atoms with Gasteiger partial charge >= 0.3 is 0 Å². The predicted molar refractivity (Wildman–Crippen MR) is 83.4 cm³/mol. The quantitative estimate of drug-likeness (QED) is 0.821. The monoisotopic (exact) mass is 305 g/mol. The number of para-hydroxylation sites is 2. The molecule has 21 heavy (non-hydrogen) atoms. The number of hydrogen-bond acceptors (Lipinski definition) is 3. The molecular weight excluding hydrogens is 289 g/mol. The third-order valence-electron chi connectivity index (χ3n) is 2.80. The second-order valence-corrected chi connectivity index (χ2v) is 5.41. The van der Waals surface area contributed by atoms with Gasteiger partial charge in [0, 0.05) is 17.1 Å². The second-order valence-electron chi connectivity index (χ2n) is 4.28. The van der Waals surface area contributed by atoms with Gasteiger partial charge in [-0.1, -0.05) is 24.3 Å². The van der Waals surface area contributed by atoms with Crippen LogP contribution in [-0.4, -0.2) is 18.8 Å². The molecule has 2 rings (SSSR count). The Kier molecular flexibility index (Phi) is 5.63. The summed E-state index contributed by atoms with van der Waals surface area (Å²) in [5.74, 6) is 0.755. The van der Waals surface area contributed by atoms with E-state index in [9.17, 15) is 9.18 Å². The molecule has 0 bridgehead atoms. The van der Waals surface area contributed by atoms with Gasteiger partial charge in [0.1, 0.15) is 11.6 Å². The number of carbonyl (C=O) groups excluding carboxylic acids is 1. The van der Waals surface area contributed by atoms with Gasteiger partial charge in [0.25, 0.3) is 0 Å². The van der Waals surface area contributed by atoms with Crippen LogP contribution in [0, 0.1) is 5.82 Å². The molecule has 2 aromatic carbocycles. The SMILES string of the molecule is COc1ccccc1NC(=O)CCSc1ccccc1F. The van der Waals surface area contributed by atoms with Crippen LogP contribution in [0.1, 0.15) is 6.42 Å². The Labute approximate surface area is 127 Å². The molecule has 0 spiro atoms. The molecule has 5 heteroatoms. The van der Waals surface area contributed by atoms with E-state index in [4.69, 9.17) is 4.74 Å². The van der Waals surface area contributed by atoms with Crippen molar-refractivity contribution in [2.24, 2.45) is 0 Å². The molecule has 1 N–H and O–H groups in total. The number of halogens is 1. The van der Waals surface area contributed by atoms with Crippen LogP contribution in [0.3, 0.4) is 0 Å². The van der Waals surface area contributed by atoms with Gasteiger partial charge < -0.3 is 10.1 Å². The molecule has 0 aliphatic rings. The number of ether oxygens (including phenoxy) is 1. The van der Waals surface area contributed by atoms with E-state index >= 15 is 0 Å². The highest BCUT2D eigenvalue weighted by atomic mass is 32.2. The molecule has 0 heterocycles. The van der Waals surface area contributed by atoms with E-state index in [0.29, 0.717) is 28.5 Å². The molecule has 0 saturated carbocycles. The van der Waals surface area contributed by atoms with Crippen LogP contribution < -0.4 is 10.1 Å². The van der Waals surface area contributed by atoms with Gasteiger partial charge in [0.2, 0.25) is 5.91 Å². The lowest BCUT2D eigenvalue weighted by Crippen LogP contribution is -2.12. The number of carbonyl (C=O) groups is 1. The fraction of sp³-hybridized carbons (Fsp3) is 0.188. The highest BCUT2D eigenvalue weighted by molar-refractivity contribution is 7.99. The zero-order chi connectivity index (χ0) is 15.1. The third-order valence-corrected chi connectivity index (χ3v) is 3.85. The van der Waals surface area contributed by atoms with Gasteiger partial charge in [0.05, 0.1) is 12.8 Å². The normalized spacial score (nSPS) is 10.2. The van der Waals surface area contributed by atoms with E-state index in [2.05, 4.69) is 5.32 Å². The lowest BCUT2D eigenvalue weighted by molar-refractivity contribution is -0.115. The first-order valence-electron chi connectivity index (χ1n) is 6.51. The van der Waals surface area contributed by atoms with Crippen molar-refractivity contribution in [3.63, 3.8) is 0 Å². The number of methoxy groups -OCH3 is 1. The van der Waals surface area contributed by atoms with Crippen molar-refractivity contribution in [3.8, 4) is 5.75 Å². The fourth-order valence-electron chi connectivity index (χ4n) is 1.78. The molecule has 0 aliphatic carbocycles. The summed E-state index contributed by atoms with van der Waals surface area (Å²) in [6, 6.07) is 13.8. The molecule has 0 radical (unpaired) electrons. The lowest BCUT2D eigenvalue weighted by atomic mass is 10.3. The molecule has 0 saturated heterocycles. The Hall–Kier alpha value is -2.01. The van der Waals surface area contributed by atoms with Crippen LogP contribution in [0.5, 0.6) is 5.75 Å². The zero-order valence-electron chi connectivity index (χ0n) is 11.6. The molecule has 0 atom stereocenters. The molecule has 0 aromatic heterocycles. The molecule has 0 aliphatic heterocycles. The van der Waals surface area contributed by atoms with Crippen molar-refractivity contribution in [1.29, 1.82) is 0 Å². The van der Waals surface area contributed by atoms with Gasteiger partial charge in [-0.15, -0.1) is 11.8 Å². The van der Waals surface area contributed by atoms with Gasteiger partial charge in [-0.25, -0.2) is 4.39 Å². The van der Waals surface area contributed by atoms with E-state index in [1.165, 1.54) is 17.8 Å². The summed E-state index contributed by atoms with van der Waals surface area (Å²) in [5.41, 5.74) is 0.640. The van der Waals surface area contributed by atoms with Crippen molar-refractivity contribution < 1.29 is 13.9 Å². The molecule has 1 amide bonds. The number of rotatable bonds is 6. The lowest BCUT2D eigenvalue weighted by Gasteiger charge is -2.09. The Balaban J connectivity index is 1.84. The summed E-state index contributed by atoms with van der Waals surface area (Å²) in [6.07, 6.45) is 0.303. The Morgan fingerprint density at radius 3 is 2.67 bits per heavy atom. The van der Waals surface area contributed by atoms with Crippen LogP contribution >= 0.6 is 11.8 Å². The summed E-state index contributed by atoms with van der Waals surface area (Å²) in [7, 11) is 1.55. The van der Waals surface area contributed by atoms with Crippen molar-refractivity contribution in [2.75, 3.05) is 18.2 Å². The number of anilines is 1. The van der Waals surface area contributed by atoms with Crippen LogP contribution in [0.2, 0.25) is 0 Å². The molecule has 0 fully saturated rings. The summed E-state index contributed by atoms with van der Waals surface area (Å²) >= 11 is 1.33. The predicted octanol–water partition coefficient (Wildman–Crippen LogP) is 3.96. The first kappa shape index (κ1) is 15.4. The number of benzene rings is 2. The molecule has 110 valence electrons. The maximum atomic E-state index is 13.4. The molecule has 3 nitrogen and oxygen atoms in total. The Bertz CT molecular complexity index is 619. The van der Waals surface area contributed by atoms with Crippen molar-refractivity contribution in [1.82, 2.24) is 0 Å². The van der Waals surface area contributed by atoms with Crippen LogP contribution in [-0.2, 0) is 4.79 Å². The number of amides is 1. The maximum Gasteiger partial charge on any atom is 0.225 e. The molecule has 2 aromatic rings. The largest absolute Gasteiger partial charge is 0.495 e. The number of hydrogen-bond donors (Lipinski definition) is 1. The minimum atomic E-state index is -0.257. The van der Waals surface area contributed by atoms with Crippen molar-refractivity contribution >= 4 is 23.4 Å². The van der Waals surface area contributed by atoms with E-state index < -0.39 is 0 Å².